The summed E-state index contributed by atoms with van der Waals surface area (Å²) in [5.74, 6) is 0. The lowest BCUT2D eigenvalue weighted by Crippen LogP contribution is -2.31. The molecule has 47 valence electrons. The van der Waals surface area contributed by atoms with Gasteiger partial charge in [0, 0.05) is 0 Å². The predicted octanol–water partition coefficient (Wildman–Crippen LogP) is 1.86. The van der Waals surface area contributed by atoms with Gasteiger partial charge in [0.25, 0.3) is 0 Å². The summed E-state index contributed by atoms with van der Waals surface area (Å²) in [4.78, 5) is 0.406. The van der Waals surface area contributed by atoms with E-state index in [1.807, 2.05) is 0 Å². The van der Waals surface area contributed by atoms with Crippen LogP contribution in [-0.4, -0.2) is 11.5 Å². The van der Waals surface area contributed by atoms with Crippen LogP contribution in [-0.2, 0) is 0 Å². The molecular formula is C5H8BrClN. The maximum Gasteiger partial charge on any atom is 0.0674 e. The van der Waals surface area contributed by atoms with Gasteiger partial charge in [0.2, 0.25) is 0 Å². The summed E-state index contributed by atoms with van der Waals surface area (Å²) in [6.07, 6.45) is 1.98. The van der Waals surface area contributed by atoms with E-state index >= 15 is 0 Å². The van der Waals surface area contributed by atoms with Crippen LogP contribution in [0.15, 0.2) is 0 Å². The van der Waals surface area contributed by atoms with E-state index < -0.39 is 0 Å². The molecule has 1 unspecified atom stereocenters. The Morgan fingerprint density at radius 1 is 1.75 bits per heavy atom. The fourth-order valence-electron chi connectivity index (χ4n) is 0.733. The molecule has 8 heavy (non-hydrogen) atoms. The fraction of sp³-hybridized carbons (Fsp3) is 0.800. The highest BCUT2D eigenvalue weighted by Gasteiger charge is 2.16. The van der Waals surface area contributed by atoms with Gasteiger partial charge in [-0.15, -0.1) is 11.6 Å². The first-order valence-electron chi connectivity index (χ1n) is 2.66. The molecule has 1 atom stereocenters. The Morgan fingerprint density at radius 3 is 2.88 bits per heavy atom. The van der Waals surface area contributed by atoms with Gasteiger partial charge in [0.05, 0.1) is 10.3 Å². The van der Waals surface area contributed by atoms with E-state index in [1.54, 1.807) is 0 Å². The molecule has 1 aliphatic heterocycles. The van der Waals surface area contributed by atoms with Gasteiger partial charge in [-0.25, -0.2) is 0 Å². The Kier molecular flexibility index (Phi) is 2.60. The van der Waals surface area contributed by atoms with Crippen LogP contribution in [0.3, 0.4) is 0 Å². The fourth-order valence-corrected chi connectivity index (χ4v) is 1.79. The molecule has 1 N–H and O–H groups in total. The average molecular weight is 197 g/mol. The van der Waals surface area contributed by atoms with E-state index in [2.05, 4.69) is 21.2 Å². The Morgan fingerprint density at radius 2 is 2.50 bits per heavy atom. The Bertz CT molecular complexity index is 70.8. The van der Waals surface area contributed by atoms with Crippen molar-refractivity contribution < 1.29 is 0 Å². The summed E-state index contributed by atoms with van der Waals surface area (Å²) in [5, 5.41) is 4.30. The molecule has 0 spiro atoms. The van der Waals surface area contributed by atoms with E-state index in [0.29, 0.717) is 4.95 Å². The second-order valence-electron chi connectivity index (χ2n) is 1.89. The van der Waals surface area contributed by atoms with Crippen molar-refractivity contribution in [2.75, 3.05) is 6.54 Å². The molecule has 0 aromatic rings. The molecule has 1 saturated heterocycles. The number of nitrogens with one attached hydrogen (secondary N) is 1. The first-order valence-corrected chi connectivity index (χ1v) is 3.96. The summed E-state index contributed by atoms with van der Waals surface area (Å²) in [7, 11) is 0. The molecule has 0 aromatic carbocycles. The van der Waals surface area contributed by atoms with Crippen LogP contribution in [0.5, 0.6) is 0 Å². The third kappa shape index (κ3) is 1.92. The topological polar surface area (TPSA) is 12.0 Å². The van der Waals surface area contributed by atoms with Crippen LogP contribution >= 0.6 is 27.5 Å². The zero-order valence-electron chi connectivity index (χ0n) is 4.45. The van der Waals surface area contributed by atoms with E-state index in [0.717, 1.165) is 24.8 Å². The minimum Gasteiger partial charge on any atom is -0.305 e. The predicted molar refractivity (Wildman–Crippen MR) is 39.0 cm³/mol. The van der Waals surface area contributed by atoms with Crippen molar-refractivity contribution in [3.8, 4) is 0 Å². The zero-order chi connectivity index (χ0) is 5.98. The molecule has 3 heteroatoms. The molecule has 0 bridgehead atoms. The second kappa shape index (κ2) is 3.04. The van der Waals surface area contributed by atoms with Crippen molar-refractivity contribution in [2.24, 2.45) is 0 Å². The molecule has 0 saturated carbocycles. The van der Waals surface area contributed by atoms with Gasteiger partial charge < -0.3 is 5.32 Å². The molecular weight excluding hydrogens is 189 g/mol. The third-order valence-electron chi connectivity index (χ3n) is 1.16. The SMILES string of the molecule is Cl[C]1CCNC(Br)C1. The average Bonchev–Trinajstić information content (AvgIpc) is 1.64. The smallest absolute Gasteiger partial charge is 0.0674 e. The van der Waals surface area contributed by atoms with Gasteiger partial charge >= 0.3 is 0 Å². The molecule has 0 aromatic heterocycles. The maximum atomic E-state index is 5.76. The number of rotatable bonds is 0. The van der Waals surface area contributed by atoms with Gasteiger partial charge in [-0.05, 0) is 19.4 Å². The highest BCUT2D eigenvalue weighted by molar-refractivity contribution is 9.09. The van der Waals surface area contributed by atoms with Crippen LogP contribution in [0.4, 0.5) is 0 Å². The lowest BCUT2D eigenvalue weighted by atomic mass is 10.2. The molecule has 1 radical (unpaired) electrons. The second-order valence-corrected chi connectivity index (χ2v) is 3.53. The van der Waals surface area contributed by atoms with Crippen LogP contribution < -0.4 is 5.32 Å². The number of hydrogen-bond acceptors (Lipinski definition) is 1. The van der Waals surface area contributed by atoms with Crippen molar-refractivity contribution >= 4 is 27.5 Å². The van der Waals surface area contributed by atoms with Crippen LogP contribution in [0.25, 0.3) is 0 Å². The van der Waals surface area contributed by atoms with Gasteiger partial charge in [-0.1, -0.05) is 15.9 Å². The standard InChI is InChI=1S/C5H8BrClN/c6-5-3-4(7)1-2-8-5/h5,8H,1-3H2. The van der Waals surface area contributed by atoms with Crippen molar-refractivity contribution in [3.63, 3.8) is 0 Å². The highest BCUT2D eigenvalue weighted by Crippen LogP contribution is 2.24. The van der Waals surface area contributed by atoms with Crippen molar-refractivity contribution in [3.05, 3.63) is 5.38 Å². The summed E-state index contributed by atoms with van der Waals surface area (Å²) >= 11 is 9.17. The molecule has 1 heterocycles. The highest BCUT2D eigenvalue weighted by atomic mass is 79.9. The molecule has 0 amide bonds. The lowest BCUT2D eigenvalue weighted by Gasteiger charge is -2.21. The monoisotopic (exact) mass is 196 g/mol. The molecule has 1 fully saturated rings. The minimum atomic E-state index is 0.406. The number of piperidine rings is 1. The Balaban J connectivity index is 2.23. The van der Waals surface area contributed by atoms with Crippen molar-refractivity contribution in [2.45, 2.75) is 17.8 Å². The van der Waals surface area contributed by atoms with Crippen LogP contribution in [0.1, 0.15) is 12.8 Å². The van der Waals surface area contributed by atoms with Gasteiger partial charge in [0.1, 0.15) is 0 Å². The molecule has 0 aliphatic carbocycles. The van der Waals surface area contributed by atoms with Crippen LogP contribution in [0, 0.1) is 5.38 Å². The number of hydrogen-bond donors (Lipinski definition) is 1. The number of halogens is 2. The van der Waals surface area contributed by atoms with Gasteiger partial charge in [-0.3, -0.25) is 0 Å². The van der Waals surface area contributed by atoms with E-state index in [4.69, 9.17) is 11.6 Å². The normalized spacial score (nSPS) is 33.0. The Labute approximate surface area is 62.9 Å². The minimum absolute atomic E-state index is 0.406. The third-order valence-corrected chi connectivity index (χ3v) is 2.15. The largest absolute Gasteiger partial charge is 0.305 e. The van der Waals surface area contributed by atoms with Crippen molar-refractivity contribution in [1.82, 2.24) is 5.32 Å². The van der Waals surface area contributed by atoms with E-state index in [9.17, 15) is 0 Å². The van der Waals surface area contributed by atoms with E-state index in [-0.39, 0.29) is 0 Å². The maximum absolute atomic E-state index is 5.76. The van der Waals surface area contributed by atoms with Gasteiger partial charge in [-0.2, -0.15) is 0 Å². The van der Waals surface area contributed by atoms with Gasteiger partial charge in [0.15, 0.2) is 0 Å². The summed E-state index contributed by atoms with van der Waals surface area (Å²) < 4.78 is 0. The molecule has 1 aliphatic rings. The lowest BCUT2D eigenvalue weighted by molar-refractivity contribution is 0.562. The summed E-state index contributed by atoms with van der Waals surface area (Å²) in [6, 6.07) is 0. The quantitative estimate of drug-likeness (QED) is 0.462. The Hall–Kier alpha value is 0.730. The van der Waals surface area contributed by atoms with Crippen molar-refractivity contribution in [1.29, 1.82) is 0 Å². The van der Waals surface area contributed by atoms with Crippen LogP contribution in [0.2, 0.25) is 0 Å². The van der Waals surface area contributed by atoms with E-state index in [1.165, 1.54) is 0 Å². The molecule has 1 rings (SSSR count). The first kappa shape index (κ1) is 6.84. The molecule has 1 nitrogen and oxygen atoms in total. The zero-order valence-corrected chi connectivity index (χ0v) is 6.80. The number of alkyl halides is 1. The summed E-state index contributed by atoms with van der Waals surface area (Å²) in [5.41, 5.74) is 0. The first-order chi connectivity index (χ1) is 3.79. The summed E-state index contributed by atoms with van der Waals surface area (Å²) in [6.45, 7) is 1.01.